The lowest BCUT2D eigenvalue weighted by Gasteiger charge is -2.04. The Labute approximate surface area is 70.0 Å². The SMILES string of the molecule is C[C@H](O)c1cccc2[nH]ncc12. The molecule has 1 atom stereocenters. The Morgan fingerprint density at radius 3 is 3.08 bits per heavy atom. The minimum atomic E-state index is -0.439. The summed E-state index contributed by atoms with van der Waals surface area (Å²) in [5.41, 5.74) is 1.88. The third-order valence-corrected chi connectivity index (χ3v) is 1.97. The van der Waals surface area contributed by atoms with Gasteiger partial charge in [0.2, 0.25) is 0 Å². The number of nitrogens with one attached hydrogen (secondary N) is 1. The summed E-state index contributed by atoms with van der Waals surface area (Å²) in [4.78, 5) is 0. The summed E-state index contributed by atoms with van der Waals surface area (Å²) in [5, 5.41) is 17.2. The van der Waals surface area contributed by atoms with Crippen LogP contribution in [0.2, 0.25) is 0 Å². The van der Waals surface area contributed by atoms with Crippen LogP contribution in [0.15, 0.2) is 24.4 Å². The van der Waals surface area contributed by atoms with Crippen LogP contribution in [-0.2, 0) is 0 Å². The molecule has 0 unspecified atom stereocenters. The second-order valence-corrected chi connectivity index (χ2v) is 2.85. The number of aliphatic hydroxyl groups is 1. The Morgan fingerprint density at radius 1 is 1.50 bits per heavy atom. The molecule has 0 fully saturated rings. The largest absolute Gasteiger partial charge is 0.389 e. The number of aliphatic hydroxyl groups excluding tert-OH is 1. The quantitative estimate of drug-likeness (QED) is 0.669. The van der Waals surface area contributed by atoms with E-state index in [-0.39, 0.29) is 0 Å². The Kier molecular flexibility index (Phi) is 1.59. The summed E-state index contributed by atoms with van der Waals surface area (Å²) < 4.78 is 0. The molecule has 0 saturated heterocycles. The van der Waals surface area contributed by atoms with Crippen molar-refractivity contribution in [2.24, 2.45) is 0 Å². The number of aromatic nitrogens is 2. The number of fused-ring (bicyclic) bond motifs is 1. The summed E-state index contributed by atoms with van der Waals surface area (Å²) >= 11 is 0. The minimum Gasteiger partial charge on any atom is -0.389 e. The van der Waals surface area contributed by atoms with Crippen LogP contribution in [0.3, 0.4) is 0 Å². The standard InChI is InChI=1S/C9H10N2O/c1-6(12)7-3-2-4-9-8(7)5-10-11-9/h2-6,12H,1H3,(H,10,11)/t6-/m0/s1. The van der Waals surface area contributed by atoms with E-state index in [4.69, 9.17) is 0 Å². The minimum absolute atomic E-state index is 0.439. The first kappa shape index (κ1) is 7.31. The average molecular weight is 162 g/mol. The smallest absolute Gasteiger partial charge is 0.0769 e. The van der Waals surface area contributed by atoms with Crippen LogP contribution in [0.1, 0.15) is 18.6 Å². The van der Waals surface area contributed by atoms with Gasteiger partial charge in [0.05, 0.1) is 17.8 Å². The summed E-state index contributed by atoms with van der Waals surface area (Å²) in [6.07, 6.45) is 1.29. The lowest BCUT2D eigenvalue weighted by molar-refractivity contribution is 0.201. The van der Waals surface area contributed by atoms with Gasteiger partial charge in [-0.2, -0.15) is 5.10 Å². The molecule has 3 nitrogen and oxygen atoms in total. The maximum absolute atomic E-state index is 9.40. The highest BCUT2D eigenvalue weighted by Crippen LogP contribution is 2.21. The van der Waals surface area contributed by atoms with E-state index in [2.05, 4.69) is 10.2 Å². The molecule has 2 rings (SSSR count). The Hall–Kier alpha value is -1.35. The van der Waals surface area contributed by atoms with Crippen LogP contribution in [0.25, 0.3) is 10.9 Å². The summed E-state index contributed by atoms with van der Waals surface area (Å²) in [5.74, 6) is 0. The van der Waals surface area contributed by atoms with E-state index < -0.39 is 6.10 Å². The first-order valence-electron chi connectivity index (χ1n) is 3.89. The summed E-state index contributed by atoms with van der Waals surface area (Å²) in [7, 11) is 0. The van der Waals surface area contributed by atoms with Gasteiger partial charge < -0.3 is 5.11 Å². The molecule has 0 amide bonds. The molecule has 0 spiro atoms. The van der Waals surface area contributed by atoms with Crippen molar-refractivity contribution < 1.29 is 5.11 Å². The van der Waals surface area contributed by atoms with Crippen molar-refractivity contribution in [1.29, 1.82) is 0 Å². The first-order chi connectivity index (χ1) is 5.79. The number of aromatic amines is 1. The van der Waals surface area contributed by atoms with Gasteiger partial charge in [-0.25, -0.2) is 0 Å². The van der Waals surface area contributed by atoms with Crippen molar-refractivity contribution in [2.45, 2.75) is 13.0 Å². The highest BCUT2D eigenvalue weighted by Gasteiger charge is 2.05. The first-order valence-corrected chi connectivity index (χ1v) is 3.89. The zero-order valence-corrected chi connectivity index (χ0v) is 6.78. The molecule has 1 heterocycles. The van der Waals surface area contributed by atoms with E-state index in [0.29, 0.717) is 0 Å². The van der Waals surface area contributed by atoms with Gasteiger partial charge in [-0.15, -0.1) is 0 Å². The molecule has 2 aromatic rings. The molecule has 1 aromatic heterocycles. The topological polar surface area (TPSA) is 48.9 Å². The predicted molar refractivity (Wildman–Crippen MR) is 46.7 cm³/mol. The van der Waals surface area contributed by atoms with Crippen LogP contribution >= 0.6 is 0 Å². The molecule has 62 valence electrons. The second kappa shape index (κ2) is 2.60. The third kappa shape index (κ3) is 0.987. The van der Waals surface area contributed by atoms with Gasteiger partial charge in [0.1, 0.15) is 0 Å². The summed E-state index contributed by atoms with van der Waals surface area (Å²) in [6.45, 7) is 1.75. The zero-order chi connectivity index (χ0) is 8.55. The highest BCUT2D eigenvalue weighted by molar-refractivity contribution is 5.81. The van der Waals surface area contributed by atoms with Crippen molar-refractivity contribution in [3.63, 3.8) is 0 Å². The van der Waals surface area contributed by atoms with E-state index in [1.165, 1.54) is 0 Å². The van der Waals surface area contributed by atoms with E-state index in [1.807, 2.05) is 18.2 Å². The lowest BCUT2D eigenvalue weighted by Crippen LogP contribution is -1.90. The third-order valence-electron chi connectivity index (χ3n) is 1.97. The number of hydrogen-bond acceptors (Lipinski definition) is 2. The van der Waals surface area contributed by atoms with Gasteiger partial charge in [-0.05, 0) is 18.6 Å². The van der Waals surface area contributed by atoms with Gasteiger partial charge in [0.15, 0.2) is 0 Å². The molecule has 0 aliphatic heterocycles. The van der Waals surface area contributed by atoms with Gasteiger partial charge in [0, 0.05) is 5.39 Å². The number of H-pyrrole nitrogens is 1. The monoisotopic (exact) mass is 162 g/mol. The molecule has 0 saturated carbocycles. The van der Waals surface area contributed by atoms with Crippen LogP contribution in [0, 0.1) is 0 Å². The molecular formula is C9H10N2O. The van der Waals surface area contributed by atoms with Gasteiger partial charge >= 0.3 is 0 Å². The molecular weight excluding hydrogens is 152 g/mol. The van der Waals surface area contributed by atoms with E-state index in [9.17, 15) is 5.11 Å². The summed E-state index contributed by atoms with van der Waals surface area (Å²) in [6, 6.07) is 5.75. The molecule has 0 radical (unpaired) electrons. The maximum atomic E-state index is 9.40. The molecule has 0 aliphatic rings. The van der Waals surface area contributed by atoms with Crippen molar-refractivity contribution in [2.75, 3.05) is 0 Å². The van der Waals surface area contributed by atoms with Crippen molar-refractivity contribution in [3.8, 4) is 0 Å². The fraction of sp³-hybridized carbons (Fsp3) is 0.222. The molecule has 12 heavy (non-hydrogen) atoms. The fourth-order valence-electron chi connectivity index (χ4n) is 1.36. The molecule has 0 bridgehead atoms. The van der Waals surface area contributed by atoms with Crippen LogP contribution < -0.4 is 0 Å². The number of nitrogens with zero attached hydrogens (tertiary/aromatic N) is 1. The predicted octanol–water partition coefficient (Wildman–Crippen LogP) is 1.62. The Bertz CT molecular complexity index is 392. The van der Waals surface area contributed by atoms with E-state index in [1.54, 1.807) is 13.1 Å². The van der Waals surface area contributed by atoms with E-state index in [0.717, 1.165) is 16.5 Å². The van der Waals surface area contributed by atoms with E-state index >= 15 is 0 Å². The Balaban J connectivity index is 2.73. The Morgan fingerprint density at radius 2 is 2.33 bits per heavy atom. The second-order valence-electron chi connectivity index (χ2n) is 2.85. The average Bonchev–Trinajstić information content (AvgIpc) is 2.49. The maximum Gasteiger partial charge on any atom is 0.0769 e. The van der Waals surface area contributed by atoms with Crippen molar-refractivity contribution in [1.82, 2.24) is 10.2 Å². The van der Waals surface area contributed by atoms with Gasteiger partial charge in [-0.3, -0.25) is 5.10 Å². The number of hydrogen-bond donors (Lipinski definition) is 2. The highest BCUT2D eigenvalue weighted by atomic mass is 16.3. The number of benzene rings is 1. The fourth-order valence-corrected chi connectivity index (χ4v) is 1.36. The normalized spacial score (nSPS) is 13.5. The molecule has 0 aliphatic carbocycles. The van der Waals surface area contributed by atoms with Crippen LogP contribution in [-0.4, -0.2) is 15.3 Å². The lowest BCUT2D eigenvalue weighted by atomic mass is 10.1. The molecule has 3 heteroatoms. The van der Waals surface area contributed by atoms with Gasteiger partial charge in [0.25, 0.3) is 0 Å². The van der Waals surface area contributed by atoms with Crippen molar-refractivity contribution >= 4 is 10.9 Å². The number of rotatable bonds is 1. The molecule has 1 aromatic carbocycles. The molecule has 2 N–H and O–H groups in total. The van der Waals surface area contributed by atoms with Crippen LogP contribution in [0.4, 0.5) is 0 Å². The zero-order valence-electron chi connectivity index (χ0n) is 6.78. The van der Waals surface area contributed by atoms with Crippen molar-refractivity contribution in [3.05, 3.63) is 30.0 Å². The van der Waals surface area contributed by atoms with Gasteiger partial charge in [-0.1, -0.05) is 12.1 Å². The van der Waals surface area contributed by atoms with Crippen LogP contribution in [0.5, 0.6) is 0 Å².